The van der Waals surface area contributed by atoms with Crippen molar-refractivity contribution in [3.8, 4) is 5.75 Å². The molecule has 1 aromatic rings. The first kappa shape index (κ1) is 21.1. The minimum absolute atomic E-state index is 0.101. The van der Waals surface area contributed by atoms with Crippen LogP contribution in [0.2, 0.25) is 0 Å². The molecule has 4 amide bonds. The number of nitrogens with one attached hydrogen (secondary N) is 2. The number of amides is 4. The first-order valence-electron chi connectivity index (χ1n) is 9.43. The topological polar surface area (TPSA) is 125 Å². The van der Waals surface area contributed by atoms with Gasteiger partial charge >= 0.3 is 6.03 Å². The number of imide groups is 1. The molecule has 29 heavy (non-hydrogen) atoms. The molecule has 2 aliphatic rings. The summed E-state index contributed by atoms with van der Waals surface area (Å²) in [7, 11) is -3.64. The molecule has 2 N–H and O–H groups in total. The summed E-state index contributed by atoms with van der Waals surface area (Å²) in [6.07, 6.45) is 0.311. The molecule has 2 saturated heterocycles. The molecule has 0 aliphatic carbocycles. The van der Waals surface area contributed by atoms with Gasteiger partial charge in [0.2, 0.25) is 15.9 Å². The first-order valence-corrected chi connectivity index (χ1v) is 10.9. The molecule has 3 rings (SSSR count). The van der Waals surface area contributed by atoms with Crippen LogP contribution in [0.1, 0.15) is 19.8 Å². The predicted molar refractivity (Wildman–Crippen MR) is 103 cm³/mol. The van der Waals surface area contributed by atoms with Crippen LogP contribution in [0.4, 0.5) is 4.79 Å². The van der Waals surface area contributed by atoms with Crippen LogP contribution in [-0.2, 0) is 19.6 Å². The molecule has 2 aliphatic heterocycles. The van der Waals surface area contributed by atoms with Gasteiger partial charge in [0, 0.05) is 32.6 Å². The number of hydrogen-bond acceptors (Lipinski definition) is 6. The molecule has 2 fully saturated rings. The lowest BCUT2D eigenvalue weighted by Gasteiger charge is -2.34. The average molecular weight is 424 g/mol. The standard InChI is InChI=1S/C18H24N4O6S/c1-2-28-13-3-5-14(6-4-13)29(26,27)22-11-9-21(10-12-22)16(23)8-7-15-17(24)20-18(25)19-15/h3-6,15H,2,7-12H2,1H3,(H2,19,20,24,25)/t15-/m0/s1. The Balaban J connectivity index is 1.52. The van der Waals surface area contributed by atoms with Crippen LogP contribution < -0.4 is 15.4 Å². The highest BCUT2D eigenvalue weighted by molar-refractivity contribution is 7.89. The van der Waals surface area contributed by atoms with Gasteiger partial charge in [0.15, 0.2) is 0 Å². The molecule has 0 spiro atoms. The second-order valence-corrected chi connectivity index (χ2v) is 8.68. The highest BCUT2D eigenvalue weighted by atomic mass is 32.2. The second kappa shape index (κ2) is 8.78. The summed E-state index contributed by atoms with van der Waals surface area (Å²) in [4.78, 5) is 36.8. The molecule has 0 unspecified atom stereocenters. The van der Waals surface area contributed by atoms with E-state index in [4.69, 9.17) is 4.74 Å². The van der Waals surface area contributed by atoms with Crippen molar-refractivity contribution < 1.29 is 27.5 Å². The Hall–Kier alpha value is -2.66. The van der Waals surface area contributed by atoms with Gasteiger partial charge in [-0.3, -0.25) is 14.9 Å². The number of rotatable bonds is 7. The van der Waals surface area contributed by atoms with Crippen LogP contribution >= 0.6 is 0 Å². The molecule has 2 heterocycles. The zero-order valence-electron chi connectivity index (χ0n) is 16.1. The number of nitrogens with zero attached hydrogens (tertiary/aromatic N) is 2. The average Bonchev–Trinajstić information content (AvgIpc) is 3.04. The van der Waals surface area contributed by atoms with Crippen molar-refractivity contribution in [2.45, 2.75) is 30.7 Å². The van der Waals surface area contributed by atoms with Gasteiger partial charge in [-0.05, 0) is 37.6 Å². The molecule has 10 nitrogen and oxygen atoms in total. The van der Waals surface area contributed by atoms with Crippen LogP contribution in [0.25, 0.3) is 0 Å². The number of piperazine rings is 1. The van der Waals surface area contributed by atoms with Crippen LogP contribution in [0.5, 0.6) is 5.75 Å². The van der Waals surface area contributed by atoms with Crippen molar-refractivity contribution in [3.05, 3.63) is 24.3 Å². The van der Waals surface area contributed by atoms with E-state index in [-0.39, 0.29) is 49.8 Å². The number of sulfonamides is 1. The smallest absolute Gasteiger partial charge is 0.322 e. The van der Waals surface area contributed by atoms with Gasteiger partial charge in [0.05, 0.1) is 11.5 Å². The van der Waals surface area contributed by atoms with Crippen LogP contribution in [0, 0.1) is 0 Å². The van der Waals surface area contributed by atoms with Crippen molar-refractivity contribution >= 4 is 27.9 Å². The summed E-state index contributed by atoms with van der Waals surface area (Å²) in [6.45, 7) is 3.30. The number of carbonyl (C=O) groups excluding carboxylic acids is 3. The van der Waals surface area contributed by atoms with E-state index in [9.17, 15) is 22.8 Å². The van der Waals surface area contributed by atoms with E-state index in [2.05, 4.69) is 10.6 Å². The van der Waals surface area contributed by atoms with E-state index in [1.165, 1.54) is 16.4 Å². The van der Waals surface area contributed by atoms with Crippen molar-refractivity contribution in [2.75, 3.05) is 32.8 Å². The third-order valence-corrected chi connectivity index (χ3v) is 6.78. The molecule has 0 radical (unpaired) electrons. The molecular formula is C18H24N4O6S. The summed E-state index contributed by atoms with van der Waals surface area (Å²) in [5.41, 5.74) is 0. The molecule has 0 aromatic heterocycles. The Kier molecular flexibility index (Phi) is 6.38. The minimum Gasteiger partial charge on any atom is -0.494 e. The van der Waals surface area contributed by atoms with Gasteiger partial charge in [0.1, 0.15) is 11.8 Å². The molecule has 1 atom stereocenters. The van der Waals surface area contributed by atoms with Crippen molar-refractivity contribution in [1.29, 1.82) is 0 Å². The lowest BCUT2D eigenvalue weighted by molar-refractivity contribution is -0.132. The Bertz CT molecular complexity index is 878. The molecule has 1 aromatic carbocycles. The van der Waals surface area contributed by atoms with E-state index in [0.717, 1.165) is 0 Å². The normalized spacial score (nSPS) is 20.3. The highest BCUT2D eigenvalue weighted by Crippen LogP contribution is 2.21. The van der Waals surface area contributed by atoms with Gasteiger partial charge in [-0.25, -0.2) is 13.2 Å². The first-order chi connectivity index (χ1) is 13.8. The summed E-state index contributed by atoms with van der Waals surface area (Å²) < 4.78 is 32.3. The van der Waals surface area contributed by atoms with Crippen molar-refractivity contribution in [3.63, 3.8) is 0 Å². The van der Waals surface area contributed by atoms with E-state index in [1.54, 1.807) is 17.0 Å². The van der Waals surface area contributed by atoms with Gasteiger partial charge in [-0.2, -0.15) is 4.31 Å². The van der Waals surface area contributed by atoms with Crippen molar-refractivity contribution in [2.24, 2.45) is 0 Å². The third-order valence-electron chi connectivity index (χ3n) is 4.87. The Morgan fingerprint density at radius 2 is 1.79 bits per heavy atom. The van der Waals surface area contributed by atoms with E-state index in [0.29, 0.717) is 12.4 Å². The lowest BCUT2D eigenvalue weighted by atomic mass is 10.1. The van der Waals surface area contributed by atoms with E-state index < -0.39 is 28.0 Å². The maximum atomic E-state index is 12.8. The lowest BCUT2D eigenvalue weighted by Crippen LogP contribution is -2.50. The minimum atomic E-state index is -3.64. The zero-order valence-corrected chi connectivity index (χ0v) is 16.9. The number of carbonyl (C=O) groups is 3. The fourth-order valence-corrected chi connectivity index (χ4v) is 4.71. The predicted octanol–water partition coefficient (Wildman–Crippen LogP) is -0.0936. The molecule has 158 valence electrons. The third kappa shape index (κ3) is 4.85. The number of urea groups is 1. The van der Waals surface area contributed by atoms with Crippen LogP contribution in [0.3, 0.4) is 0 Å². The summed E-state index contributed by atoms with van der Waals surface area (Å²) in [5, 5.41) is 4.58. The number of benzene rings is 1. The molecule has 0 bridgehead atoms. The van der Waals surface area contributed by atoms with E-state index in [1.807, 2.05) is 6.92 Å². The fraction of sp³-hybridized carbons (Fsp3) is 0.500. The number of ether oxygens (including phenoxy) is 1. The summed E-state index contributed by atoms with van der Waals surface area (Å²) in [6, 6.07) is 5.01. The van der Waals surface area contributed by atoms with Gasteiger partial charge in [-0.15, -0.1) is 0 Å². The Morgan fingerprint density at radius 3 is 2.34 bits per heavy atom. The van der Waals surface area contributed by atoms with E-state index >= 15 is 0 Å². The van der Waals surface area contributed by atoms with Gasteiger partial charge < -0.3 is 15.0 Å². The zero-order chi connectivity index (χ0) is 21.0. The molecule has 0 saturated carbocycles. The highest BCUT2D eigenvalue weighted by Gasteiger charge is 2.32. The Labute approximate surface area is 169 Å². The largest absolute Gasteiger partial charge is 0.494 e. The summed E-state index contributed by atoms with van der Waals surface area (Å²) >= 11 is 0. The fourth-order valence-electron chi connectivity index (χ4n) is 3.29. The SMILES string of the molecule is CCOc1ccc(S(=O)(=O)N2CCN(C(=O)CC[C@@H]3NC(=O)NC3=O)CC2)cc1. The maximum absolute atomic E-state index is 12.8. The van der Waals surface area contributed by atoms with Crippen LogP contribution in [0.15, 0.2) is 29.2 Å². The summed E-state index contributed by atoms with van der Waals surface area (Å²) in [5.74, 6) is 0.000123. The molecular weight excluding hydrogens is 400 g/mol. The quantitative estimate of drug-likeness (QED) is 0.589. The van der Waals surface area contributed by atoms with Crippen LogP contribution in [-0.4, -0.2) is 74.3 Å². The number of hydrogen-bond donors (Lipinski definition) is 2. The van der Waals surface area contributed by atoms with Crippen molar-refractivity contribution in [1.82, 2.24) is 19.8 Å². The van der Waals surface area contributed by atoms with Gasteiger partial charge in [-0.1, -0.05) is 0 Å². The molecule has 11 heteroatoms. The Morgan fingerprint density at radius 1 is 1.14 bits per heavy atom. The monoisotopic (exact) mass is 424 g/mol. The van der Waals surface area contributed by atoms with Gasteiger partial charge in [0.25, 0.3) is 5.91 Å². The second-order valence-electron chi connectivity index (χ2n) is 6.74. The maximum Gasteiger partial charge on any atom is 0.322 e.